The fraction of sp³-hybridized carbons (Fsp3) is 0. The number of hydrogen-bond acceptors (Lipinski definition) is 5. The van der Waals surface area contributed by atoms with Crippen LogP contribution in [0.15, 0.2) is 48.8 Å². The molecular formula is C15H11N5O. The van der Waals surface area contributed by atoms with Crippen LogP contribution in [-0.2, 0) is 0 Å². The van der Waals surface area contributed by atoms with Gasteiger partial charge in [0.1, 0.15) is 11.3 Å². The van der Waals surface area contributed by atoms with Crippen LogP contribution in [0.1, 0.15) is 0 Å². The first-order chi connectivity index (χ1) is 10.3. The molecule has 0 bridgehead atoms. The van der Waals surface area contributed by atoms with Crippen molar-refractivity contribution in [1.82, 2.24) is 19.9 Å². The van der Waals surface area contributed by atoms with Gasteiger partial charge in [-0.2, -0.15) is 9.97 Å². The summed E-state index contributed by atoms with van der Waals surface area (Å²) in [6.45, 7) is 0. The Kier molecular flexibility index (Phi) is 2.47. The molecule has 3 N–H and O–H groups in total. The molecule has 0 saturated carbocycles. The number of aromatic nitrogens is 4. The van der Waals surface area contributed by atoms with E-state index in [1.165, 1.54) is 6.33 Å². The number of nitrogens with one attached hydrogen (secondary N) is 1. The number of imidazole rings is 1. The normalized spacial score (nSPS) is 11.0. The molecule has 6 heteroatoms. The molecule has 0 aliphatic carbocycles. The molecule has 2 aromatic heterocycles. The van der Waals surface area contributed by atoms with E-state index in [-0.39, 0.29) is 5.95 Å². The smallest absolute Gasteiger partial charge is 0.250 e. The fourth-order valence-corrected chi connectivity index (χ4v) is 2.24. The second-order valence-electron chi connectivity index (χ2n) is 4.60. The minimum atomic E-state index is 0.130. The molecule has 4 rings (SSSR count). The van der Waals surface area contributed by atoms with Crippen molar-refractivity contribution in [3.8, 4) is 11.6 Å². The second-order valence-corrected chi connectivity index (χ2v) is 4.60. The predicted molar refractivity (Wildman–Crippen MR) is 80.1 cm³/mol. The van der Waals surface area contributed by atoms with Crippen LogP contribution in [0, 0.1) is 0 Å². The standard InChI is InChI=1S/C15H11N5O/c16-15-19-13-12(17-8-18-13)14(20-15)21-11-6-5-9-3-1-2-4-10(9)7-11/h1-8H,(H3,16,17,18,19,20). The first kappa shape index (κ1) is 11.7. The molecule has 0 fully saturated rings. The molecule has 0 unspecified atom stereocenters. The molecule has 0 amide bonds. The van der Waals surface area contributed by atoms with Gasteiger partial charge < -0.3 is 15.5 Å². The SMILES string of the molecule is Nc1nc(Oc2ccc3ccccc3c2)c2[nH]cnc2n1. The molecule has 2 aromatic carbocycles. The van der Waals surface area contributed by atoms with E-state index in [0.717, 1.165) is 10.8 Å². The summed E-state index contributed by atoms with van der Waals surface area (Å²) in [7, 11) is 0. The molecule has 2 heterocycles. The average Bonchev–Trinajstić information content (AvgIpc) is 2.95. The van der Waals surface area contributed by atoms with Crippen molar-refractivity contribution in [3.63, 3.8) is 0 Å². The summed E-state index contributed by atoms with van der Waals surface area (Å²) in [4.78, 5) is 15.2. The summed E-state index contributed by atoms with van der Waals surface area (Å²) in [6.07, 6.45) is 1.53. The van der Waals surface area contributed by atoms with Gasteiger partial charge in [-0.3, -0.25) is 0 Å². The van der Waals surface area contributed by atoms with Crippen molar-refractivity contribution < 1.29 is 4.74 Å². The van der Waals surface area contributed by atoms with Crippen molar-refractivity contribution in [2.75, 3.05) is 5.73 Å². The first-order valence-corrected chi connectivity index (χ1v) is 6.43. The second kappa shape index (κ2) is 4.45. The fourth-order valence-electron chi connectivity index (χ4n) is 2.24. The van der Waals surface area contributed by atoms with Crippen LogP contribution >= 0.6 is 0 Å². The third-order valence-electron chi connectivity index (χ3n) is 3.21. The van der Waals surface area contributed by atoms with Gasteiger partial charge in [0.2, 0.25) is 5.95 Å². The summed E-state index contributed by atoms with van der Waals surface area (Å²) < 4.78 is 5.84. The summed E-state index contributed by atoms with van der Waals surface area (Å²) in [5, 5.41) is 2.25. The molecule has 21 heavy (non-hydrogen) atoms. The Balaban J connectivity index is 1.80. The number of fused-ring (bicyclic) bond motifs is 2. The van der Waals surface area contributed by atoms with Crippen molar-refractivity contribution in [2.24, 2.45) is 0 Å². The number of aromatic amines is 1. The van der Waals surface area contributed by atoms with E-state index in [9.17, 15) is 0 Å². The lowest BCUT2D eigenvalue weighted by Crippen LogP contribution is -1.98. The highest BCUT2D eigenvalue weighted by Gasteiger charge is 2.10. The predicted octanol–water partition coefficient (Wildman–Crippen LogP) is 2.88. The van der Waals surface area contributed by atoms with Gasteiger partial charge in [0.25, 0.3) is 5.88 Å². The van der Waals surface area contributed by atoms with Crippen LogP contribution in [-0.4, -0.2) is 19.9 Å². The van der Waals surface area contributed by atoms with Gasteiger partial charge in [-0.15, -0.1) is 0 Å². The highest BCUT2D eigenvalue weighted by molar-refractivity contribution is 5.84. The number of anilines is 1. The van der Waals surface area contributed by atoms with E-state index < -0.39 is 0 Å². The molecule has 0 radical (unpaired) electrons. The number of H-pyrrole nitrogens is 1. The van der Waals surface area contributed by atoms with Gasteiger partial charge in [-0.25, -0.2) is 4.98 Å². The quantitative estimate of drug-likeness (QED) is 0.588. The zero-order valence-electron chi connectivity index (χ0n) is 10.9. The number of nitrogen functional groups attached to an aromatic ring is 1. The van der Waals surface area contributed by atoms with Crippen molar-refractivity contribution in [2.45, 2.75) is 0 Å². The molecule has 0 spiro atoms. The van der Waals surface area contributed by atoms with E-state index in [2.05, 4.69) is 26.0 Å². The Bertz CT molecular complexity index is 947. The Morgan fingerprint density at radius 1 is 1.00 bits per heavy atom. The van der Waals surface area contributed by atoms with Crippen molar-refractivity contribution >= 4 is 27.9 Å². The topological polar surface area (TPSA) is 89.7 Å². The molecule has 0 aliphatic heterocycles. The number of benzene rings is 2. The van der Waals surface area contributed by atoms with Crippen molar-refractivity contribution in [1.29, 1.82) is 0 Å². The lowest BCUT2D eigenvalue weighted by atomic mass is 10.1. The first-order valence-electron chi connectivity index (χ1n) is 6.43. The third kappa shape index (κ3) is 2.02. The minimum Gasteiger partial charge on any atom is -0.437 e. The summed E-state index contributed by atoms with van der Waals surface area (Å²) in [6, 6.07) is 13.9. The van der Waals surface area contributed by atoms with Crippen LogP contribution < -0.4 is 10.5 Å². The molecule has 102 valence electrons. The summed E-state index contributed by atoms with van der Waals surface area (Å²) >= 11 is 0. The maximum atomic E-state index is 5.84. The van der Waals surface area contributed by atoms with Gasteiger partial charge >= 0.3 is 0 Å². The van der Waals surface area contributed by atoms with Crippen LogP contribution in [0.25, 0.3) is 21.9 Å². The van der Waals surface area contributed by atoms with Crippen LogP contribution in [0.4, 0.5) is 5.95 Å². The van der Waals surface area contributed by atoms with Gasteiger partial charge in [0, 0.05) is 0 Å². The van der Waals surface area contributed by atoms with E-state index >= 15 is 0 Å². The Labute approximate surface area is 119 Å². The largest absolute Gasteiger partial charge is 0.437 e. The van der Waals surface area contributed by atoms with E-state index in [1.54, 1.807) is 0 Å². The van der Waals surface area contributed by atoms with E-state index in [1.807, 2.05) is 36.4 Å². The van der Waals surface area contributed by atoms with E-state index in [0.29, 0.717) is 22.8 Å². The lowest BCUT2D eigenvalue weighted by Gasteiger charge is -2.07. The Hall–Kier alpha value is -3.15. The minimum absolute atomic E-state index is 0.130. The molecule has 6 nitrogen and oxygen atoms in total. The number of ether oxygens (including phenoxy) is 1. The monoisotopic (exact) mass is 277 g/mol. The molecule has 0 aliphatic rings. The zero-order valence-corrected chi connectivity index (χ0v) is 10.9. The average molecular weight is 277 g/mol. The number of rotatable bonds is 2. The van der Waals surface area contributed by atoms with Crippen LogP contribution in [0.5, 0.6) is 11.6 Å². The summed E-state index contributed by atoms with van der Waals surface area (Å²) in [5.74, 6) is 1.18. The van der Waals surface area contributed by atoms with E-state index in [4.69, 9.17) is 10.5 Å². The molecule has 0 atom stereocenters. The highest BCUT2D eigenvalue weighted by atomic mass is 16.5. The number of nitrogens with zero attached hydrogens (tertiary/aromatic N) is 3. The zero-order chi connectivity index (χ0) is 14.2. The summed E-state index contributed by atoms with van der Waals surface area (Å²) in [5.41, 5.74) is 6.78. The van der Waals surface area contributed by atoms with Crippen LogP contribution in [0.3, 0.4) is 0 Å². The third-order valence-corrected chi connectivity index (χ3v) is 3.21. The molecular weight excluding hydrogens is 266 g/mol. The Morgan fingerprint density at radius 2 is 1.86 bits per heavy atom. The lowest BCUT2D eigenvalue weighted by molar-refractivity contribution is 0.469. The maximum absolute atomic E-state index is 5.84. The molecule has 4 aromatic rings. The maximum Gasteiger partial charge on any atom is 0.250 e. The van der Waals surface area contributed by atoms with Crippen LogP contribution in [0.2, 0.25) is 0 Å². The molecule has 0 saturated heterocycles. The van der Waals surface area contributed by atoms with Gasteiger partial charge in [0.05, 0.1) is 6.33 Å². The number of nitrogens with two attached hydrogens (primary N) is 1. The number of hydrogen-bond donors (Lipinski definition) is 2. The highest BCUT2D eigenvalue weighted by Crippen LogP contribution is 2.28. The van der Waals surface area contributed by atoms with Crippen molar-refractivity contribution in [3.05, 3.63) is 48.8 Å². The van der Waals surface area contributed by atoms with Gasteiger partial charge in [-0.05, 0) is 22.9 Å². The van der Waals surface area contributed by atoms with Gasteiger partial charge in [-0.1, -0.05) is 30.3 Å². The van der Waals surface area contributed by atoms with Gasteiger partial charge in [0.15, 0.2) is 5.65 Å². The Morgan fingerprint density at radius 3 is 2.76 bits per heavy atom.